The maximum atomic E-state index is 12.5. The van der Waals surface area contributed by atoms with Gasteiger partial charge >= 0.3 is 11.9 Å². The highest BCUT2D eigenvalue weighted by molar-refractivity contribution is 5.84. The van der Waals surface area contributed by atoms with Crippen molar-refractivity contribution in [2.45, 2.75) is 103 Å². The number of ketones is 1. The molecule has 0 saturated carbocycles. The van der Waals surface area contributed by atoms with Gasteiger partial charge in [-0.25, -0.2) is 5.90 Å². The Bertz CT molecular complexity index is 2470. The number of carbonyl (C=O) groups is 5. The van der Waals surface area contributed by atoms with Gasteiger partial charge in [-0.05, 0) is 19.3 Å². The molecule has 0 aromatic carbocycles. The fourth-order valence-electron chi connectivity index (χ4n) is 11.7. The Labute approximate surface area is 856 Å². The molecule has 1 atom stereocenters. The van der Waals surface area contributed by atoms with Crippen molar-refractivity contribution in [2.24, 2.45) is 11.8 Å². The zero-order valence-electron chi connectivity index (χ0n) is 87.0. The maximum Gasteiger partial charge on any atom is 0.306 e. The molecule has 0 saturated heterocycles. The number of rotatable bonds is 133. The molecule has 0 aromatic rings. The van der Waals surface area contributed by atoms with E-state index < -0.39 is 17.9 Å². The first kappa shape index (κ1) is 140. The summed E-state index contributed by atoms with van der Waals surface area (Å²) >= 11 is 0. The Morgan fingerprint density at radius 1 is 0.174 bits per heavy atom. The lowest BCUT2D eigenvalue weighted by atomic mass is 9.94. The lowest BCUT2D eigenvalue weighted by molar-refractivity contribution is -0.144. The number of carbonyl (C=O) groups excluding carboxylic acids is 3. The van der Waals surface area contributed by atoms with Crippen molar-refractivity contribution in [1.29, 1.82) is 0 Å². The van der Waals surface area contributed by atoms with Crippen LogP contribution in [0.2, 0.25) is 0 Å². The van der Waals surface area contributed by atoms with Crippen molar-refractivity contribution in [2.75, 3.05) is 495 Å². The number of carboxylic acid groups (broad SMARTS) is 2. The molecule has 0 rings (SSSR count). The van der Waals surface area contributed by atoms with E-state index >= 15 is 0 Å². The molecule has 47 nitrogen and oxygen atoms in total. The standard InChI is InChI=1S/C97H189N3O44/c98-144-20-17-100-95(103)15-18-108-21-23-110-25-27-112-29-31-114-33-35-116-37-39-118-41-43-120-45-47-122-49-51-124-53-55-126-57-59-128-61-63-130-65-67-132-69-71-134-73-75-136-77-79-138-81-83-140-85-87-142-89-90-143-88-86-141-84-82-139-80-78-137-76-74-135-72-70-133-68-66-131-64-62-129-60-58-127-56-54-125-52-50-123-48-46-121-44-42-119-40-38-117-36-34-115-32-30-113-28-26-111-24-22-109-19-16-99-94(102)14-13-92(97(106)107)91-93(101)11-9-7-5-3-1-2-4-6-8-10-12-96(104)105/h92H,1-91,98H2,(H,99,102)(H,100,103)(H,104,105)(H,106,107)/t92-/m1/s1. The average Bonchev–Trinajstić information content (AvgIpc) is 0.928. The zero-order valence-corrected chi connectivity index (χ0v) is 87.0. The number of amides is 2. The minimum Gasteiger partial charge on any atom is -0.481 e. The van der Waals surface area contributed by atoms with Crippen LogP contribution in [0, 0.1) is 5.92 Å². The molecular weight excluding hydrogens is 1910 g/mol. The van der Waals surface area contributed by atoms with Gasteiger partial charge in [0, 0.05) is 45.2 Å². The molecule has 0 fully saturated rings. The fourth-order valence-corrected chi connectivity index (χ4v) is 11.7. The molecule has 6 N–H and O–H groups in total. The van der Waals surface area contributed by atoms with E-state index in [0.29, 0.717) is 482 Å². The third kappa shape index (κ3) is 127. The summed E-state index contributed by atoms with van der Waals surface area (Å²) in [7, 11) is 0. The minimum absolute atomic E-state index is 0.0183. The van der Waals surface area contributed by atoms with Crippen LogP contribution in [-0.2, 0) is 199 Å². The molecule has 0 heterocycles. The highest BCUT2D eigenvalue weighted by Crippen LogP contribution is 2.17. The highest BCUT2D eigenvalue weighted by Gasteiger charge is 2.22. The van der Waals surface area contributed by atoms with Gasteiger partial charge in [-0.3, -0.25) is 24.0 Å². The largest absolute Gasteiger partial charge is 0.481 e. The molecule has 0 aliphatic heterocycles. The summed E-state index contributed by atoms with van der Waals surface area (Å²) in [5.74, 6) is 1.73. The van der Waals surface area contributed by atoms with Crippen molar-refractivity contribution in [1.82, 2.24) is 10.6 Å². The van der Waals surface area contributed by atoms with Gasteiger partial charge in [0.05, 0.1) is 488 Å². The number of nitrogens with one attached hydrogen (secondary N) is 2. The van der Waals surface area contributed by atoms with E-state index in [4.69, 9.17) is 182 Å². The molecule has 0 aliphatic rings. The molecule has 0 unspecified atom stereocenters. The summed E-state index contributed by atoms with van der Waals surface area (Å²) in [4.78, 5) is 63.0. The van der Waals surface area contributed by atoms with E-state index in [-0.39, 0.29) is 69.5 Å². The van der Waals surface area contributed by atoms with Crippen LogP contribution in [0.15, 0.2) is 0 Å². The van der Waals surface area contributed by atoms with Gasteiger partial charge in [0.15, 0.2) is 0 Å². The van der Waals surface area contributed by atoms with Gasteiger partial charge in [-0.1, -0.05) is 51.4 Å². The lowest BCUT2D eigenvalue weighted by Gasteiger charge is -2.12. The number of nitrogens with two attached hydrogens (primary N) is 1. The first-order valence-corrected chi connectivity index (χ1v) is 51.9. The monoisotopic (exact) mass is 2100 g/mol. The van der Waals surface area contributed by atoms with Crippen molar-refractivity contribution in [3.8, 4) is 0 Å². The van der Waals surface area contributed by atoms with E-state index in [2.05, 4.69) is 15.5 Å². The number of hydrogen-bond donors (Lipinski definition) is 5. The van der Waals surface area contributed by atoms with Crippen LogP contribution in [0.4, 0.5) is 0 Å². The van der Waals surface area contributed by atoms with Gasteiger partial charge in [0.2, 0.25) is 11.8 Å². The van der Waals surface area contributed by atoms with Crippen LogP contribution in [0.25, 0.3) is 0 Å². The van der Waals surface area contributed by atoms with E-state index in [1.165, 1.54) is 0 Å². The molecule has 0 radical (unpaired) electrons. The first-order valence-electron chi connectivity index (χ1n) is 51.9. The minimum atomic E-state index is -1.07. The molecule has 0 bridgehead atoms. The van der Waals surface area contributed by atoms with Crippen LogP contribution in [-0.4, -0.2) is 535 Å². The molecule has 144 heavy (non-hydrogen) atoms. The second-order valence-corrected chi connectivity index (χ2v) is 31.1. The summed E-state index contributed by atoms with van der Waals surface area (Å²) in [6.45, 7) is 33.5. The van der Waals surface area contributed by atoms with Crippen molar-refractivity contribution < 1.29 is 210 Å². The van der Waals surface area contributed by atoms with Crippen LogP contribution in [0.3, 0.4) is 0 Å². The molecule has 0 aromatic heterocycles. The summed E-state index contributed by atoms with van der Waals surface area (Å²) in [6.07, 6.45) is 10.8. The first-order chi connectivity index (χ1) is 71.3. The van der Waals surface area contributed by atoms with E-state index in [9.17, 15) is 29.1 Å². The molecular formula is C97H189N3O44. The summed E-state index contributed by atoms with van der Waals surface area (Å²) < 4.78 is 199. The Morgan fingerprint density at radius 3 is 0.486 bits per heavy atom. The van der Waals surface area contributed by atoms with Crippen LogP contribution in [0.1, 0.15) is 103 Å². The van der Waals surface area contributed by atoms with Gasteiger partial charge in [-0.15, -0.1) is 0 Å². The topological polar surface area (TPSA) is 517 Å². The van der Waals surface area contributed by atoms with Crippen molar-refractivity contribution >= 4 is 29.5 Å². The van der Waals surface area contributed by atoms with Gasteiger partial charge in [-0.2, -0.15) is 0 Å². The van der Waals surface area contributed by atoms with Crippen molar-refractivity contribution in [3.05, 3.63) is 0 Å². The number of unbranched alkanes of at least 4 members (excludes halogenated alkanes) is 9. The van der Waals surface area contributed by atoms with Gasteiger partial charge in [0.1, 0.15) is 5.78 Å². The van der Waals surface area contributed by atoms with Gasteiger partial charge < -0.3 is 196 Å². The predicted molar refractivity (Wildman–Crippen MR) is 523 cm³/mol. The number of carboxylic acids is 2. The van der Waals surface area contributed by atoms with Crippen LogP contribution < -0.4 is 16.5 Å². The molecule has 856 valence electrons. The molecule has 2 amide bonds. The van der Waals surface area contributed by atoms with E-state index in [1.807, 2.05) is 0 Å². The SMILES string of the molecule is NOCCNC(=O)CCOCCOCCOCCOCCOCCOCCOCCOCCOCCOCCOCCOCCOCCOCCOCCOCCOCCOCCOCCOCCOCCOCCOCCOCCOCCOCCOCCOCCOCCOCCOCCOCCOCCOCCOCCOCCNC(=O)CC[C@H](CC(=O)CCCCCCCCCCCCC(=O)O)C(=O)O. The van der Waals surface area contributed by atoms with E-state index in [0.717, 1.165) is 64.2 Å². The second kappa shape index (κ2) is 128. The highest BCUT2D eigenvalue weighted by atomic mass is 16.6. The third-order valence-corrected chi connectivity index (χ3v) is 19.2. The fraction of sp³-hybridized carbons (Fsp3) is 0.948. The van der Waals surface area contributed by atoms with Crippen molar-refractivity contribution in [3.63, 3.8) is 0 Å². The van der Waals surface area contributed by atoms with Crippen LogP contribution in [0.5, 0.6) is 0 Å². The summed E-state index contributed by atoms with van der Waals surface area (Å²) in [5.41, 5.74) is 0. The predicted octanol–water partition coefficient (Wildman–Crippen LogP) is 3.30. The number of aliphatic carboxylic acids is 2. The van der Waals surface area contributed by atoms with Crippen LogP contribution >= 0.6 is 0 Å². The Kier molecular flexibility index (Phi) is 124. The smallest absolute Gasteiger partial charge is 0.306 e. The molecule has 47 heteroatoms. The maximum absolute atomic E-state index is 12.5. The Morgan fingerprint density at radius 2 is 0.319 bits per heavy atom. The number of hydrogen-bond acceptors (Lipinski definition) is 43. The molecule has 0 spiro atoms. The normalized spacial score (nSPS) is 11.9. The lowest BCUT2D eigenvalue weighted by Crippen LogP contribution is -2.29. The molecule has 0 aliphatic carbocycles. The zero-order chi connectivity index (χ0) is 103. The summed E-state index contributed by atoms with van der Waals surface area (Å²) in [6, 6.07) is 0. The average molecular weight is 2100 g/mol. The second-order valence-electron chi connectivity index (χ2n) is 31.1. The summed E-state index contributed by atoms with van der Waals surface area (Å²) in [5, 5.41) is 23.7. The van der Waals surface area contributed by atoms with E-state index in [1.54, 1.807) is 0 Å². The Balaban J connectivity index is 3.18. The Hall–Kier alpha value is -3.97. The number of ether oxygens (including phenoxy) is 36. The van der Waals surface area contributed by atoms with Gasteiger partial charge in [0.25, 0.3) is 0 Å². The number of Topliss-reactive ketones (excluding diaryl/α,β-unsaturated/α-hetero) is 1. The third-order valence-electron chi connectivity index (χ3n) is 19.2. The quantitative estimate of drug-likeness (QED) is 0.0431.